The van der Waals surface area contributed by atoms with Gasteiger partial charge in [0.25, 0.3) is 0 Å². The topological polar surface area (TPSA) is 9.23 Å². The lowest BCUT2D eigenvalue weighted by Gasteiger charge is -1.96. The molecular formula is C6H4Cl2OS. The van der Waals surface area contributed by atoms with E-state index in [0.29, 0.717) is 10.8 Å². The van der Waals surface area contributed by atoms with E-state index in [1.54, 1.807) is 24.3 Å². The van der Waals surface area contributed by atoms with Gasteiger partial charge in [-0.25, -0.2) is 0 Å². The van der Waals surface area contributed by atoms with E-state index in [-0.39, 0.29) is 0 Å². The minimum atomic E-state index is 0.687. The van der Waals surface area contributed by atoms with Crippen LogP contribution in [0, 0.1) is 0 Å². The van der Waals surface area contributed by atoms with Crippen LogP contribution in [0.15, 0.2) is 24.3 Å². The van der Waals surface area contributed by atoms with Crippen LogP contribution >= 0.6 is 33.5 Å². The zero-order valence-electron chi connectivity index (χ0n) is 4.88. The van der Waals surface area contributed by atoms with E-state index in [1.165, 1.54) is 0 Å². The fourth-order valence-corrected chi connectivity index (χ4v) is 1.05. The van der Waals surface area contributed by atoms with Crippen molar-refractivity contribution in [2.75, 3.05) is 0 Å². The van der Waals surface area contributed by atoms with E-state index in [0.717, 1.165) is 11.3 Å². The second-order valence-electron chi connectivity index (χ2n) is 1.60. The van der Waals surface area contributed by atoms with Gasteiger partial charge in [0, 0.05) is 15.7 Å². The van der Waals surface area contributed by atoms with Gasteiger partial charge in [0.1, 0.15) is 5.75 Å². The molecule has 0 saturated heterocycles. The number of benzene rings is 1. The highest BCUT2D eigenvalue weighted by Crippen LogP contribution is 2.20. The van der Waals surface area contributed by atoms with Crippen molar-refractivity contribution in [3.05, 3.63) is 29.3 Å². The SMILES string of the molecule is ClSOc1ccc(Cl)cc1. The molecule has 0 unspecified atom stereocenters. The molecule has 0 saturated carbocycles. The summed E-state index contributed by atoms with van der Waals surface area (Å²) in [5, 5.41) is 0.687. The van der Waals surface area contributed by atoms with Gasteiger partial charge in [0.15, 0.2) is 11.3 Å². The predicted molar refractivity (Wildman–Crippen MR) is 45.5 cm³/mol. The summed E-state index contributed by atoms with van der Waals surface area (Å²) in [7, 11) is 5.24. The molecule has 4 heteroatoms. The van der Waals surface area contributed by atoms with Crippen molar-refractivity contribution in [2.24, 2.45) is 0 Å². The van der Waals surface area contributed by atoms with Gasteiger partial charge in [-0.1, -0.05) is 11.6 Å². The molecule has 0 heterocycles. The van der Waals surface area contributed by atoms with Crippen LogP contribution in [0.2, 0.25) is 5.02 Å². The second kappa shape index (κ2) is 3.96. The maximum absolute atomic E-state index is 5.62. The number of halogens is 2. The van der Waals surface area contributed by atoms with Crippen LogP contribution < -0.4 is 4.18 Å². The molecule has 1 aromatic rings. The molecule has 0 amide bonds. The quantitative estimate of drug-likeness (QED) is 0.667. The Hall–Kier alpha value is -0.0500. The van der Waals surface area contributed by atoms with Crippen molar-refractivity contribution in [3.8, 4) is 5.75 Å². The summed E-state index contributed by atoms with van der Waals surface area (Å²) in [6.07, 6.45) is 0. The summed E-state index contributed by atoms with van der Waals surface area (Å²) in [6, 6.07) is 6.98. The largest absolute Gasteiger partial charge is 0.409 e. The standard InChI is InChI=1S/C6H4Cl2OS/c7-5-1-3-6(4-2-5)9-10-8/h1-4H. The van der Waals surface area contributed by atoms with Gasteiger partial charge < -0.3 is 4.18 Å². The maximum Gasteiger partial charge on any atom is 0.166 e. The van der Waals surface area contributed by atoms with Gasteiger partial charge in [-0.2, -0.15) is 0 Å². The molecular weight excluding hydrogens is 191 g/mol. The van der Waals surface area contributed by atoms with Crippen LogP contribution in [-0.2, 0) is 0 Å². The Morgan fingerprint density at radius 3 is 2.30 bits per heavy atom. The summed E-state index contributed by atoms with van der Waals surface area (Å²) in [5.74, 6) is 0.699. The summed E-state index contributed by atoms with van der Waals surface area (Å²) in [6.45, 7) is 0. The van der Waals surface area contributed by atoms with Gasteiger partial charge >= 0.3 is 0 Å². The third-order valence-corrected chi connectivity index (χ3v) is 1.64. The molecule has 0 spiro atoms. The van der Waals surface area contributed by atoms with Crippen molar-refractivity contribution < 1.29 is 4.18 Å². The monoisotopic (exact) mass is 194 g/mol. The third-order valence-electron chi connectivity index (χ3n) is 0.941. The average molecular weight is 195 g/mol. The van der Waals surface area contributed by atoms with Gasteiger partial charge in [-0.05, 0) is 24.3 Å². The van der Waals surface area contributed by atoms with Crippen LogP contribution in [-0.4, -0.2) is 0 Å². The molecule has 10 heavy (non-hydrogen) atoms. The molecule has 0 aliphatic heterocycles. The first-order valence-electron chi connectivity index (χ1n) is 2.54. The average Bonchev–Trinajstić information content (AvgIpc) is 1.95. The molecule has 1 rings (SSSR count). The van der Waals surface area contributed by atoms with Crippen molar-refractivity contribution >= 4 is 33.5 Å². The van der Waals surface area contributed by atoms with Crippen molar-refractivity contribution in [1.82, 2.24) is 0 Å². The van der Waals surface area contributed by atoms with Crippen LogP contribution in [0.4, 0.5) is 0 Å². The highest BCUT2D eigenvalue weighted by atomic mass is 35.7. The van der Waals surface area contributed by atoms with E-state index >= 15 is 0 Å². The molecule has 0 fully saturated rings. The molecule has 0 aromatic heterocycles. The number of rotatable bonds is 2. The number of hydrogen-bond acceptors (Lipinski definition) is 2. The summed E-state index contributed by atoms with van der Waals surface area (Å²) in [5.41, 5.74) is 0. The lowest BCUT2D eigenvalue weighted by Crippen LogP contribution is -1.74. The Bertz CT molecular complexity index is 199. The van der Waals surface area contributed by atoms with E-state index in [9.17, 15) is 0 Å². The summed E-state index contributed by atoms with van der Waals surface area (Å²) >= 11 is 6.41. The Morgan fingerprint density at radius 1 is 1.20 bits per heavy atom. The molecule has 0 radical (unpaired) electrons. The molecule has 0 aliphatic rings. The molecule has 0 N–H and O–H groups in total. The number of hydrogen-bond donors (Lipinski definition) is 0. The Kier molecular flexibility index (Phi) is 3.19. The van der Waals surface area contributed by atoms with Crippen LogP contribution in [0.3, 0.4) is 0 Å². The first kappa shape index (κ1) is 8.05. The van der Waals surface area contributed by atoms with Crippen molar-refractivity contribution in [3.63, 3.8) is 0 Å². The lowest BCUT2D eigenvalue weighted by molar-refractivity contribution is 0.655. The van der Waals surface area contributed by atoms with Crippen LogP contribution in [0.25, 0.3) is 0 Å². The molecule has 0 bridgehead atoms. The zero-order valence-corrected chi connectivity index (χ0v) is 7.21. The molecule has 0 atom stereocenters. The Balaban J connectivity index is 2.69. The fraction of sp³-hybridized carbons (Fsp3) is 0. The highest BCUT2D eigenvalue weighted by molar-refractivity contribution is 8.17. The van der Waals surface area contributed by atoms with E-state index in [4.69, 9.17) is 26.5 Å². The van der Waals surface area contributed by atoms with E-state index < -0.39 is 0 Å². The normalized spacial score (nSPS) is 9.40. The predicted octanol–water partition coefficient (Wildman–Crippen LogP) is 3.52. The minimum absolute atomic E-state index is 0.687. The first-order valence-corrected chi connectivity index (χ1v) is 4.48. The van der Waals surface area contributed by atoms with Crippen molar-refractivity contribution in [2.45, 2.75) is 0 Å². The molecule has 1 nitrogen and oxygen atoms in total. The highest BCUT2D eigenvalue weighted by Gasteiger charge is 1.91. The van der Waals surface area contributed by atoms with Crippen molar-refractivity contribution in [1.29, 1.82) is 0 Å². The van der Waals surface area contributed by atoms with Gasteiger partial charge in [-0.3, -0.25) is 0 Å². The van der Waals surface area contributed by atoms with Gasteiger partial charge in [0.05, 0.1) is 0 Å². The van der Waals surface area contributed by atoms with Gasteiger partial charge in [-0.15, -0.1) is 0 Å². The first-order chi connectivity index (χ1) is 4.83. The second-order valence-corrected chi connectivity index (χ2v) is 2.71. The summed E-state index contributed by atoms with van der Waals surface area (Å²) < 4.78 is 4.88. The van der Waals surface area contributed by atoms with E-state index in [1.807, 2.05) is 0 Å². The molecule has 54 valence electrons. The fourth-order valence-electron chi connectivity index (χ4n) is 0.527. The molecule has 0 aliphatic carbocycles. The lowest BCUT2D eigenvalue weighted by atomic mass is 10.3. The smallest absolute Gasteiger partial charge is 0.166 e. The zero-order chi connectivity index (χ0) is 7.40. The minimum Gasteiger partial charge on any atom is -0.409 e. The third kappa shape index (κ3) is 2.29. The van der Waals surface area contributed by atoms with Crippen LogP contribution in [0.5, 0.6) is 5.75 Å². The van der Waals surface area contributed by atoms with E-state index in [2.05, 4.69) is 0 Å². The maximum atomic E-state index is 5.62. The summed E-state index contributed by atoms with van der Waals surface area (Å²) in [4.78, 5) is 0. The molecule has 1 aromatic carbocycles. The van der Waals surface area contributed by atoms with Crippen LogP contribution in [0.1, 0.15) is 0 Å². The Labute approximate surface area is 73.0 Å². The van der Waals surface area contributed by atoms with Gasteiger partial charge in [0.2, 0.25) is 0 Å². The Morgan fingerprint density at radius 2 is 1.80 bits per heavy atom.